The molecule has 0 saturated heterocycles. The van der Waals surface area contributed by atoms with E-state index in [1.165, 1.54) is 25.4 Å². The van der Waals surface area contributed by atoms with E-state index in [1.807, 2.05) is 0 Å². The molecule has 0 unspecified atom stereocenters. The predicted molar refractivity (Wildman–Crippen MR) is 60.0 cm³/mol. The number of hydrogen-bond acceptors (Lipinski definition) is 4. The third-order valence-corrected chi connectivity index (χ3v) is 2.52. The Morgan fingerprint density at radius 1 is 1.50 bits per heavy atom. The first kappa shape index (κ1) is 10.6. The molecule has 0 N–H and O–H groups in total. The van der Waals surface area contributed by atoms with Gasteiger partial charge in [0.15, 0.2) is 5.75 Å². The van der Waals surface area contributed by atoms with Gasteiger partial charge in [-0.25, -0.2) is 0 Å². The summed E-state index contributed by atoms with van der Waals surface area (Å²) in [4.78, 5) is 14.3. The maximum absolute atomic E-state index is 10.8. The molecule has 0 aliphatic carbocycles. The molecule has 1 aromatic carbocycles. The molecular formula is C10H7ClN2O3. The van der Waals surface area contributed by atoms with Gasteiger partial charge >= 0.3 is 5.69 Å². The van der Waals surface area contributed by atoms with Crippen molar-refractivity contribution in [1.82, 2.24) is 4.98 Å². The Morgan fingerprint density at radius 3 is 2.88 bits per heavy atom. The van der Waals surface area contributed by atoms with Crippen LogP contribution in [0.3, 0.4) is 0 Å². The fraction of sp³-hybridized carbons (Fsp3) is 0.100. The molecule has 0 radical (unpaired) electrons. The first-order valence-electron chi connectivity index (χ1n) is 4.40. The van der Waals surface area contributed by atoms with Gasteiger partial charge in [-0.2, -0.15) is 0 Å². The average Bonchev–Trinajstić information content (AvgIpc) is 2.28. The van der Waals surface area contributed by atoms with Gasteiger partial charge in [0.1, 0.15) is 0 Å². The lowest BCUT2D eigenvalue weighted by Gasteiger charge is -2.04. The van der Waals surface area contributed by atoms with Crippen molar-refractivity contribution in [2.75, 3.05) is 7.11 Å². The van der Waals surface area contributed by atoms with Crippen LogP contribution in [0.1, 0.15) is 0 Å². The number of rotatable bonds is 2. The smallest absolute Gasteiger partial charge is 0.313 e. The van der Waals surface area contributed by atoms with Crippen molar-refractivity contribution in [2.45, 2.75) is 0 Å². The second kappa shape index (κ2) is 3.94. The normalized spacial score (nSPS) is 10.4. The number of benzene rings is 1. The van der Waals surface area contributed by atoms with Gasteiger partial charge in [0.25, 0.3) is 0 Å². The molecule has 5 nitrogen and oxygen atoms in total. The zero-order valence-corrected chi connectivity index (χ0v) is 9.06. The molecule has 82 valence electrons. The molecular weight excluding hydrogens is 232 g/mol. The average molecular weight is 239 g/mol. The van der Waals surface area contributed by atoms with E-state index in [0.717, 1.165) is 0 Å². The largest absolute Gasteiger partial charge is 0.490 e. The number of nitro groups is 1. The van der Waals surface area contributed by atoms with Crippen molar-refractivity contribution in [3.05, 3.63) is 39.5 Å². The van der Waals surface area contributed by atoms with Crippen LogP contribution in [-0.4, -0.2) is 17.0 Å². The number of hydrogen-bond donors (Lipinski definition) is 0. The van der Waals surface area contributed by atoms with Gasteiger partial charge in [-0.3, -0.25) is 15.1 Å². The van der Waals surface area contributed by atoms with Crippen LogP contribution in [0.25, 0.3) is 10.9 Å². The molecule has 16 heavy (non-hydrogen) atoms. The first-order chi connectivity index (χ1) is 7.63. The van der Waals surface area contributed by atoms with Crippen molar-refractivity contribution >= 4 is 28.2 Å². The SMILES string of the molecule is COc1cc2c(Cl)ccnc2cc1[N+](=O)[O-]. The molecule has 0 bridgehead atoms. The third-order valence-electron chi connectivity index (χ3n) is 2.19. The lowest BCUT2D eigenvalue weighted by atomic mass is 10.2. The molecule has 0 aliphatic rings. The first-order valence-corrected chi connectivity index (χ1v) is 4.78. The van der Waals surface area contributed by atoms with E-state index in [4.69, 9.17) is 16.3 Å². The highest BCUT2D eigenvalue weighted by atomic mass is 35.5. The van der Waals surface area contributed by atoms with Gasteiger partial charge in [-0.05, 0) is 12.1 Å². The van der Waals surface area contributed by atoms with Crippen LogP contribution < -0.4 is 4.74 Å². The zero-order valence-electron chi connectivity index (χ0n) is 8.31. The van der Waals surface area contributed by atoms with E-state index in [2.05, 4.69) is 4.98 Å². The summed E-state index contributed by atoms with van der Waals surface area (Å²) in [6, 6.07) is 4.48. The molecule has 2 aromatic rings. The van der Waals surface area contributed by atoms with Gasteiger partial charge in [0, 0.05) is 17.6 Å². The van der Waals surface area contributed by atoms with Crippen molar-refractivity contribution < 1.29 is 9.66 Å². The van der Waals surface area contributed by atoms with E-state index in [1.54, 1.807) is 6.07 Å². The molecule has 2 rings (SSSR count). The van der Waals surface area contributed by atoms with Crippen LogP contribution in [0.4, 0.5) is 5.69 Å². The summed E-state index contributed by atoms with van der Waals surface area (Å²) in [6.45, 7) is 0. The fourth-order valence-electron chi connectivity index (χ4n) is 1.43. The number of ether oxygens (including phenoxy) is 1. The topological polar surface area (TPSA) is 65.3 Å². The summed E-state index contributed by atoms with van der Waals surface area (Å²) in [7, 11) is 1.37. The Labute approximate surface area is 95.8 Å². The molecule has 0 atom stereocenters. The maximum atomic E-state index is 10.8. The maximum Gasteiger partial charge on any atom is 0.313 e. The van der Waals surface area contributed by atoms with Crippen LogP contribution >= 0.6 is 11.6 Å². The highest BCUT2D eigenvalue weighted by molar-refractivity contribution is 6.35. The quantitative estimate of drug-likeness (QED) is 0.596. The molecule has 1 aromatic heterocycles. The van der Waals surface area contributed by atoms with Gasteiger partial charge in [-0.1, -0.05) is 11.6 Å². The van der Waals surface area contributed by atoms with E-state index in [9.17, 15) is 10.1 Å². The van der Waals surface area contributed by atoms with Crippen LogP contribution in [0.2, 0.25) is 5.02 Å². The van der Waals surface area contributed by atoms with Crippen molar-refractivity contribution in [2.24, 2.45) is 0 Å². The minimum atomic E-state index is -0.513. The summed E-state index contributed by atoms with van der Waals surface area (Å²) in [6.07, 6.45) is 1.50. The number of aromatic nitrogens is 1. The predicted octanol–water partition coefficient (Wildman–Crippen LogP) is 2.81. The van der Waals surface area contributed by atoms with Crippen LogP contribution in [0.15, 0.2) is 24.4 Å². The van der Waals surface area contributed by atoms with E-state index in [-0.39, 0.29) is 11.4 Å². The van der Waals surface area contributed by atoms with Crippen molar-refractivity contribution in [1.29, 1.82) is 0 Å². The van der Waals surface area contributed by atoms with Gasteiger partial charge in [0.2, 0.25) is 0 Å². The number of methoxy groups -OCH3 is 1. The third kappa shape index (κ3) is 1.65. The molecule has 0 saturated carbocycles. The number of pyridine rings is 1. The Balaban J connectivity index is 2.80. The molecule has 6 heteroatoms. The Bertz CT molecular complexity index is 571. The number of fused-ring (bicyclic) bond motifs is 1. The van der Waals surface area contributed by atoms with Crippen LogP contribution in [0.5, 0.6) is 5.75 Å². The number of nitro benzene ring substituents is 1. The summed E-state index contributed by atoms with van der Waals surface area (Å²) >= 11 is 5.95. The molecule has 0 spiro atoms. The fourth-order valence-corrected chi connectivity index (χ4v) is 1.64. The van der Waals surface area contributed by atoms with Crippen molar-refractivity contribution in [3.8, 4) is 5.75 Å². The van der Waals surface area contributed by atoms with E-state index in [0.29, 0.717) is 15.9 Å². The number of halogens is 1. The zero-order chi connectivity index (χ0) is 11.7. The summed E-state index contributed by atoms with van der Waals surface area (Å²) in [5, 5.41) is 11.9. The second-order valence-electron chi connectivity index (χ2n) is 3.09. The van der Waals surface area contributed by atoms with Gasteiger partial charge in [-0.15, -0.1) is 0 Å². The molecule has 0 fully saturated rings. The van der Waals surface area contributed by atoms with Crippen molar-refractivity contribution in [3.63, 3.8) is 0 Å². The second-order valence-corrected chi connectivity index (χ2v) is 3.50. The number of nitrogens with zero attached hydrogens (tertiary/aromatic N) is 2. The monoisotopic (exact) mass is 238 g/mol. The summed E-state index contributed by atoms with van der Waals surface area (Å²) in [5.41, 5.74) is 0.352. The summed E-state index contributed by atoms with van der Waals surface area (Å²) < 4.78 is 4.94. The van der Waals surface area contributed by atoms with Gasteiger partial charge in [0.05, 0.1) is 22.6 Å². The molecule has 1 heterocycles. The minimum absolute atomic E-state index is 0.121. The molecule has 0 aliphatic heterocycles. The van der Waals surface area contributed by atoms with E-state index < -0.39 is 4.92 Å². The lowest BCUT2D eigenvalue weighted by Crippen LogP contribution is -1.94. The van der Waals surface area contributed by atoms with E-state index >= 15 is 0 Å². The van der Waals surface area contributed by atoms with Crippen LogP contribution in [0, 0.1) is 10.1 Å². The Morgan fingerprint density at radius 2 is 2.25 bits per heavy atom. The van der Waals surface area contributed by atoms with Gasteiger partial charge < -0.3 is 4.74 Å². The van der Waals surface area contributed by atoms with Crippen LogP contribution in [-0.2, 0) is 0 Å². The standard InChI is InChI=1S/C10H7ClN2O3/c1-16-10-4-6-7(11)2-3-12-8(6)5-9(10)13(14)15/h2-5H,1H3. The Hall–Kier alpha value is -1.88. The Kier molecular flexibility index (Phi) is 2.62. The highest BCUT2D eigenvalue weighted by Crippen LogP contribution is 2.33. The lowest BCUT2D eigenvalue weighted by molar-refractivity contribution is -0.385. The summed E-state index contributed by atoms with van der Waals surface area (Å²) in [5.74, 6) is 0.174. The molecule has 0 amide bonds. The highest BCUT2D eigenvalue weighted by Gasteiger charge is 2.17. The minimum Gasteiger partial charge on any atom is -0.490 e.